The van der Waals surface area contributed by atoms with E-state index in [2.05, 4.69) is 10.1 Å². The monoisotopic (exact) mass is 292 g/mol. The van der Waals surface area contributed by atoms with Crippen LogP contribution in [0.2, 0.25) is 0 Å². The number of hydrogen-bond acceptors (Lipinski definition) is 4. The van der Waals surface area contributed by atoms with Crippen LogP contribution < -0.4 is 0 Å². The van der Waals surface area contributed by atoms with Crippen LogP contribution in [0.1, 0.15) is 55.5 Å². The van der Waals surface area contributed by atoms with Crippen molar-refractivity contribution in [1.29, 1.82) is 0 Å². The summed E-state index contributed by atoms with van der Waals surface area (Å²) >= 11 is 0. The smallest absolute Gasteiger partial charge is 0.138 e. The third kappa shape index (κ3) is 3.86. The lowest BCUT2D eigenvalue weighted by atomic mass is 9.97. The van der Waals surface area contributed by atoms with E-state index < -0.39 is 0 Å². The van der Waals surface area contributed by atoms with Gasteiger partial charge in [0.2, 0.25) is 0 Å². The van der Waals surface area contributed by atoms with E-state index in [9.17, 15) is 0 Å². The maximum atomic E-state index is 6.08. The second-order valence-electron chi connectivity index (χ2n) is 6.76. The minimum Gasteiger partial charge on any atom is -0.378 e. The first-order chi connectivity index (χ1) is 10.2. The first-order valence-electron chi connectivity index (χ1n) is 8.48. The highest BCUT2D eigenvalue weighted by molar-refractivity contribution is 5.20. The fourth-order valence-corrected chi connectivity index (χ4v) is 3.59. The van der Waals surface area contributed by atoms with Gasteiger partial charge in [0.25, 0.3) is 0 Å². The highest BCUT2D eigenvalue weighted by Crippen LogP contribution is 2.25. The Balaban J connectivity index is 1.40. The van der Waals surface area contributed by atoms with Crippen LogP contribution in [0.3, 0.4) is 0 Å². The molecule has 0 bridgehead atoms. The molecule has 1 saturated carbocycles. The van der Waals surface area contributed by atoms with Crippen molar-refractivity contribution in [1.82, 2.24) is 10.1 Å². The molecule has 118 valence electrons. The molecule has 0 aromatic carbocycles. The Kier molecular flexibility index (Phi) is 4.96. The first-order valence-corrected chi connectivity index (χ1v) is 8.48. The van der Waals surface area contributed by atoms with Crippen LogP contribution in [0.25, 0.3) is 0 Å². The van der Waals surface area contributed by atoms with Gasteiger partial charge in [-0.05, 0) is 58.5 Å². The Labute approximate surface area is 127 Å². The molecule has 0 unspecified atom stereocenters. The van der Waals surface area contributed by atoms with E-state index in [4.69, 9.17) is 9.26 Å². The molecule has 1 aliphatic heterocycles. The number of likely N-dealkylation sites (tertiary alicyclic amines) is 1. The molecule has 2 aliphatic rings. The standard InChI is InChI=1S/C17H28N2O2/c1-13-17(14(2)21-18-13)11-19-9-7-15(8-10-19)12-20-16-5-3-4-6-16/h15-16H,3-12H2,1-2H3. The van der Waals surface area contributed by atoms with Crippen molar-refractivity contribution in [3.8, 4) is 0 Å². The van der Waals surface area contributed by atoms with Gasteiger partial charge in [-0.25, -0.2) is 0 Å². The Morgan fingerprint density at radius 1 is 1.14 bits per heavy atom. The molecule has 0 N–H and O–H groups in total. The molecule has 2 fully saturated rings. The van der Waals surface area contributed by atoms with Crippen LogP contribution in [0, 0.1) is 19.8 Å². The lowest BCUT2D eigenvalue weighted by Gasteiger charge is -2.32. The van der Waals surface area contributed by atoms with Crippen molar-refractivity contribution in [2.75, 3.05) is 19.7 Å². The fraction of sp³-hybridized carbons (Fsp3) is 0.824. The highest BCUT2D eigenvalue weighted by atomic mass is 16.5. The van der Waals surface area contributed by atoms with Gasteiger partial charge in [0.15, 0.2) is 0 Å². The zero-order valence-electron chi connectivity index (χ0n) is 13.4. The zero-order chi connectivity index (χ0) is 14.7. The highest BCUT2D eigenvalue weighted by Gasteiger charge is 2.23. The van der Waals surface area contributed by atoms with Crippen LogP contribution in [0.15, 0.2) is 4.52 Å². The van der Waals surface area contributed by atoms with Crippen LogP contribution >= 0.6 is 0 Å². The second kappa shape index (κ2) is 6.93. The average Bonchev–Trinajstić information content (AvgIpc) is 3.12. The second-order valence-corrected chi connectivity index (χ2v) is 6.76. The summed E-state index contributed by atoms with van der Waals surface area (Å²) in [7, 11) is 0. The molecule has 2 heterocycles. The van der Waals surface area contributed by atoms with Crippen molar-refractivity contribution in [3.05, 3.63) is 17.0 Å². The minimum atomic E-state index is 0.560. The van der Waals surface area contributed by atoms with E-state index in [1.165, 1.54) is 57.2 Å². The molecular formula is C17H28N2O2. The molecule has 0 radical (unpaired) electrons. The minimum absolute atomic E-state index is 0.560. The summed E-state index contributed by atoms with van der Waals surface area (Å²) in [5, 5.41) is 4.05. The molecule has 1 aromatic heterocycles. The molecular weight excluding hydrogens is 264 g/mol. The summed E-state index contributed by atoms with van der Waals surface area (Å²) in [4.78, 5) is 2.53. The Bertz CT molecular complexity index is 424. The van der Waals surface area contributed by atoms with Crippen LogP contribution in [0.4, 0.5) is 0 Å². The van der Waals surface area contributed by atoms with Crippen LogP contribution in [0.5, 0.6) is 0 Å². The molecule has 1 aliphatic carbocycles. The quantitative estimate of drug-likeness (QED) is 0.833. The van der Waals surface area contributed by atoms with Crippen molar-refractivity contribution >= 4 is 0 Å². The Morgan fingerprint density at radius 2 is 1.86 bits per heavy atom. The van der Waals surface area contributed by atoms with Gasteiger partial charge in [-0.1, -0.05) is 18.0 Å². The third-order valence-corrected chi connectivity index (χ3v) is 5.14. The lowest BCUT2D eigenvalue weighted by molar-refractivity contribution is 0.0155. The maximum absolute atomic E-state index is 6.08. The van der Waals surface area contributed by atoms with Crippen molar-refractivity contribution in [3.63, 3.8) is 0 Å². The van der Waals surface area contributed by atoms with Gasteiger partial charge in [0, 0.05) is 18.7 Å². The van der Waals surface area contributed by atoms with Gasteiger partial charge in [-0.15, -0.1) is 0 Å². The van der Waals surface area contributed by atoms with Gasteiger partial charge < -0.3 is 9.26 Å². The summed E-state index contributed by atoms with van der Waals surface area (Å²) in [6.45, 7) is 8.35. The number of rotatable bonds is 5. The molecule has 1 saturated heterocycles. The number of piperidine rings is 1. The Hall–Kier alpha value is -0.870. The number of aryl methyl sites for hydroxylation is 2. The SMILES string of the molecule is Cc1noc(C)c1CN1CCC(COC2CCCC2)CC1. The summed E-state index contributed by atoms with van der Waals surface area (Å²) in [6, 6.07) is 0. The largest absolute Gasteiger partial charge is 0.378 e. The maximum Gasteiger partial charge on any atom is 0.138 e. The van der Waals surface area contributed by atoms with E-state index in [0.717, 1.165) is 30.5 Å². The average molecular weight is 292 g/mol. The normalized spacial score (nSPS) is 22.2. The number of nitrogens with zero attached hydrogens (tertiary/aromatic N) is 2. The predicted octanol–water partition coefficient (Wildman–Crippen LogP) is 3.46. The number of ether oxygens (including phenoxy) is 1. The van der Waals surface area contributed by atoms with Crippen LogP contribution in [-0.2, 0) is 11.3 Å². The third-order valence-electron chi connectivity index (χ3n) is 5.14. The summed E-state index contributed by atoms with van der Waals surface area (Å²) in [6.07, 6.45) is 8.37. The van der Waals surface area contributed by atoms with E-state index in [0.29, 0.717) is 6.10 Å². The van der Waals surface area contributed by atoms with E-state index in [1.54, 1.807) is 0 Å². The molecule has 0 atom stereocenters. The molecule has 0 spiro atoms. The van der Waals surface area contributed by atoms with Crippen molar-refractivity contribution in [2.24, 2.45) is 5.92 Å². The van der Waals surface area contributed by atoms with E-state index in [-0.39, 0.29) is 0 Å². The van der Waals surface area contributed by atoms with Gasteiger partial charge in [0.05, 0.1) is 11.8 Å². The number of aromatic nitrogens is 1. The molecule has 4 nitrogen and oxygen atoms in total. The predicted molar refractivity (Wildman–Crippen MR) is 82.2 cm³/mol. The summed E-state index contributed by atoms with van der Waals surface area (Å²) in [5.74, 6) is 1.73. The first kappa shape index (κ1) is 15.0. The topological polar surface area (TPSA) is 38.5 Å². The fourth-order valence-electron chi connectivity index (χ4n) is 3.59. The number of hydrogen-bond donors (Lipinski definition) is 0. The van der Waals surface area contributed by atoms with Crippen molar-refractivity contribution < 1.29 is 9.26 Å². The molecule has 21 heavy (non-hydrogen) atoms. The lowest BCUT2D eigenvalue weighted by Crippen LogP contribution is -2.35. The molecule has 4 heteroatoms. The van der Waals surface area contributed by atoms with E-state index in [1.807, 2.05) is 13.8 Å². The van der Waals surface area contributed by atoms with Crippen LogP contribution in [-0.4, -0.2) is 35.9 Å². The zero-order valence-corrected chi connectivity index (χ0v) is 13.4. The van der Waals surface area contributed by atoms with Crippen molar-refractivity contribution in [2.45, 2.75) is 65.0 Å². The summed E-state index contributed by atoms with van der Waals surface area (Å²) in [5.41, 5.74) is 2.31. The van der Waals surface area contributed by atoms with Gasteiger partial charge in [0.1, 0.15) is 5.76 Å². The molecule has 1 aromatic rings. The van der Waals surface area contributed by atoms with E-state index >= 15 is 0 Å². The Morgan fingerprint density at radius 3 is 2.48 bits per heavy atom. The molecule has 3 rings (SSSR count). The van der Waals surface area contributed by atoms with Gasteiger partial charge in [-0.3, -0.25) is 4.90 Å². The summed E-state index contributed by atoms with van der Waals surface area (Å²) < 4.78 is 11.3. The van der Waals surface area contributed by atoms with Gasteiger partial charge >= 0.3 is 0 Å². The molecule has 0 amide bonds. The van der Waals surface area contributed by atoms with Gasteiger partial charge in [-0.2, -0.15) is 0 Å².